The van der Waals surface area contributed by atoms with Gasteiger partial charge < -0.3 is 5.32 Å². The lowest BCUT2D eigenvalue weighted by molar-refractivity contribution is -0.160. The second-order valence-electron chi connectivity index (χ2n) is 4.08. The van der Waals surface area contributed by atoms with Crippen LogP contribution in [0.25, 0.3) is 0 Å². The zero-order valence-electron chi connectivity index (χ0n) is 8.97. The maximum absolute atomic E-state index is 12.1. The summed E-state index contributed by atoms with van der Waals surface area (Å²) in [5.41, 5.74) is 0. The predicted molar refractivity (Wildman–Crippen MR) is 49.5 cm³/mol. The van der Waals surface area contributed by atoms with Crippen molar-refractivity contribution >= 4 is 11.9 Å². The quantitative estimate of drug-likeness (QED) is 0.790. The Kier molecular flexibility index (Phi) is 3.44. The van der Waals surface area contributed by atoms with Gasteiger partial charge in [0.25, 0.3) is 0 Å². The molecule has 1 saturated heterocycles. The molecule has 1 N–H and O–H groups in total. The van der Waals surface area contributed by atoms with Crippen LogP contribution in [0.4, 0.5) is 18.0 Å². The first kappa shape index (κ1) is 12.8. The molecular weight excluding hydrogens is 225 g/mol. The third-order valence-corrected chi connectivity index (χ3v) is 2.44. The van der Waals surface area contributed by atoms with Crippen molar-refractivity contribution in [3.8, 4) is 0 Å². The lowest BCUT2D eigenvalue weighted by Crippen LogP contribution is -2.58. The minimum Gasteiger partial charge on any atom is -0.337 e. The fourth-order valence-corrected chi connectivity index (χ4v) is 1.53. The summed E-state index contributed by atoms with van der Waals surface area (Å²) in [6.07, 6.45) is -4.56. The molecule has 0 bridgehead atoms. The van der Waals surface area contributed by atoms with Crippen molar-refractivity contribution in [2.24, 2.45) is 11.8 Å². The fourth-order valence-electron chi connectivity index (χ4n) is 1.53. The summed E-state index contributed by atoms with van der Waals surface area (Å²) in [6, 6.07) is -0.973. The Morgan fingerprint density at radius 2 is 2.00 bits per heavy atom. The van der Waals surface area contributed by atoms with Crippen LogP contribution in [-0.4, -0.2) is 36.1 Å². The van der Waals surface area contributed by atoms with E-state index in [4.69, 9.17) is 0 Å². The van der Waals surface area contributed by atoms with E-state index in [0.717, 1.165) is 0 Å². The SMILES string of the molecule is CC(C)C1CNC(=O)N(CC(F)(F)F)C1=O. The average Bonchev–Trinajstić information content (AvgIpc) is 2.10. The van der Waals surface area contributed by atoms with E-state index in [1.165, 1.54) is 0 Å². The van der Waals surface area contributed by atoms with Crippen molar-refractivity contribution in [3.63, 3.8) is 0 Å². The molecule has 4 nitrogen and oxygen atoms in total. The molecule has 0 aromatic rings. The zero-order chi connectivity index (χ0) is 12.5. The van der Waals surface area contributed by atoms with Crippen LogP contribution >= 0.6 is 0 Å². The van der Waals surface area contributed by atoms with E-state index in [1.807, 2.05) is 0 Å². The predicted octanol–water partition coefficient (Wildman–Crippen LogP) is 1.37. The van der Waals surface area contributed by atoms with Gasteiger partial charge in [0.2, 0.25) is 5.91 Å². The van der Waals surface area contributed by atoms with Crippen LogP contribution in [0.5, 0.6) is 0 Å². The number of nitrogens with zero attached hydrogens (tertiary/aromatic N) is 1. The van der Waals surface area contributed by atoms with Gasteiger partial charge in [-0.2, -0.15) is 13.2 Å². The van der Waals surface area contributed by atoms with Crippen LogP contribution in [-0.2, 0) is 4.79 Å². The molecule has 3 amide bonds. The van der Waals surface area contributed by atoms with Gasteiger partial charge in [-0.05, 0) is 5.92 Å². The Morgan fingerprint density at radius 3 is 2.44 bits per heavy atom. The maximum Gasteiger partial charge on any atom is 0.406 e. The van der Waals surface area contributed by atoms with Crippen LogP contribution in [0.3, 0.4) is 0 Å². The first-order chi connectivity index (χ1) is 7.22. The number of carbonyl (C=O) groups excluding carboxylic acids is 2. The summed E-state index contributed by atoms with van der Waals surface area (Å²) in [4.78, 5) is 23.0. The highest BCUT2D eigenvalue weighted by molar-refractivity contribution is 5.98. The molecule has 92 valence electrons. The van der Waals surface area contributed by atoms with Gasteiger partial charge in [-0.15, -0.1) is 0 Å². The van der Waals surface area contributed by atoms with Gasteiger partial charge in [-0.3, -0.25) is 9.69 Å². The van der Waals surface area contributed by atoms with Gasteiger partial charge in [0, 0.05) is 6.54 Å². The first-order valence-electron chi connectivity index (χ1n) is 4.88. The molecule has 7 heteroatoms. The number of nitrogens with one attached hydrogen (secondary N) is 1. The number of hydrogen-bond donors (Lipinski definition) is 1. The zero-order valence-corrected chi connectivity index (χ0v) is 8.97. The van der Waals surface area contributed by atoms with Gasteiger partial charge in [0.15, 0.2) is 0 Å². The summed E-state index contributed by atoms with van der Waals surface area (Å²) < 4.78 is 36.4. The Bertz CT molecular complexity index is 302. The van der Waals surface area contributed by atoms with Crippen molar-refractivity contribution < 1.29 is 22.8 Å². The van der Waals surface area contributed by atoms with E-state index >= 15 is 0 Å². The van der Waals surface area contributed by atoms with E-state index in [-0.39, 0.29) is 17.4 Å². The summed E-state index contributed by atoms with van der Waals surface area (Å²) in [6.45, 7) is 2.03. The second kappa shape index (κ2) is 4.31. The number of amides is 3. The highest BCUT2D eigenvalue weighted by atomic mass is 19.4. The molecule has 1 aliphatic rings. The van der Waals surface area contributed by atoms with Gasteiger partial charge in [0.05, 0.1) is 5.92 Å². The fraction of sp³-hybridized carbons (Fsp3) is 0.778. The number of imide groups is 1. The molecule has 0 saturated carbocycles. The standard InChI is InChI=1S/C9H13F3N2O2/c1-5(2)6-3-13-8(16)14(7(6)15)4-9(10,11)12/h5-6H,3-4H2,1-2H3,(H,13,16). The minimum atomic E-state index is -4.56. The molecule has 0 radical (unpaired) electrons. The maximum atomic E-state index is 12.1. The van der Waals surface area contributed by atoms with E-state index < -0.39 is 30.6 Å². The smallest absolute Gasteiger partial charge is 0.337 e. The van der Waals surface area contributed by atoms with E-state index in [9.17, 15) is 22.8 Å². The number of carbonyl (C=O) groups is 2. The first-order valence-corrected chi connectivity index (χ1v) is 4.88. The summed E-state index contributed by atoms with van der Waals surface area (Å²) >= 11 is 0. The van der Waals surface area contributed by atoms with Gasteiger partial charge in [-0.25, -0.2) is 4.79 Å². The molecule has 1 unspecified atom stereocenters. The number of alkyl halides is 3. The molecule has 0 spiro atoms. The molecule has 1 aliphatic heterocycles. The molecule has 1 rings (SSSR count). The lowest BCUT2D eigenvalue weighted by atomic mass is 9.93. The van der Waals surface area contributed by atoms with E-state index in [0.29, 0.717) is 0 Å². The number of rotatable bonds is 2. The van der Waals surface area contributed by atoms with Gasteiger partial charge in [0.1, 0.15) is 6.54 Å². The highest BCUT2D eigenvalue weighted by Crippen LogP contribution is 2.22. The molecule has 0 aromatic heterocycles. The summed E-state index contributed by atoms with van der Waals surface area (Å²) in [5.74, 6) is -1.44. The summed E-state index contributed by atoms with van der Waals surface area (Å²) in [5, 5.41) is 2.28. The van der Waals surface area contributed by atoms with Crippen molar-refractivity contribution in [2.45, 2.75) is 20.0 Å². The highest BCUT2D eigenvalue weighted by Gasteiger charge is 2.42. The Hall–Kier alpha value is -1.27. The molecule has 16 heavy (non-hydrogen) atoms. The van der Waals surface area contributed by atoms with Crippen molar-refractivity contribution in [2.75, 3.05) is 13.1 Å². The average molecular weight is 238 g/mol. The van der Waals surface area contributed by atoms with Gasteiger partial charge >= 0.3 is 12.2 Å². The van der Waals surface area contributed by atoms with Crippen LogP contribution in [0.15, 0.2) is 0 Å². The minimum absolute atomic E-state index is 0.101. The molecule has 1 atom stereocenters. The van der Waals surface area contributed by atoms with Crippen LogP contribution in [0, 0.1) is 11.8 Å². The third kappa shape index (κ3) is 2.86. The monoisotopic (exact) mass is 238 g/mol. The Morgan fingerprint density at radius 1 is 1.44 bits per heavy atom. The molecular formula is C9H13F3N2O2. The van der Waals surface area contributed by atoms with Crippen molar-refractivity contribution in [3.05, 3.63) is 0 Å². The molecule has 0 aliphatic carbocycles. The summed E-state index contributed by atoms with van der Waals surface area (Å²) in [7, 11) is 0. The molecule has 0 aromatic carbocycles. The third-order valence-electron chi connectivity index (χ3n) is 2.44. The van der Waals surface area contributed by atoms with E-state index in [2.05, 4.69) is 5.32 Å². The molecule has 1 fully saturated rings. The lowest BCUT2D eigenvalue weighted by Gasteiger charge is -2.33. The van der Waals surface area contributed by atoms with Gasteiger partial charge in [-0.1, -0.05) is 13.8 Å². The molecule has 1 heterocycles. The van der Waals surface area contributed by atoms with Crippen molar-refractivity contribution in [1.29, 1.82) is 0 Å². The Labute approximate surface area is 90.8 Å². The van der Waals surface area contributed by atoms with Crippen LogP contribution in [0.1, 0.15) is 13.8 Å². The number of urea groups is 1. The topological polar surface area (TPSA) is 49.4 Å². The van der Waals surface area contributed by atoms with Crippen LogP contribution < -0.4 is 5.32 Å². The number of halogens is 3. The largest absolute Gasteiger partial charge is 0.406 e. The normalized spacial score (nSPS) is 22.6. The Balaban J connectivity index is 2.80. The number of hydrogen-bond acceptors (Lipinski definition) is 2. The van der Waals surface area contributed by atoms with Crippen molar-refractivity contribution in [1.82, 2.24) is 10.2 Å². The van der Waals surface area contributed by atoms with Crippen LogP contribution in [0.2, 0.25) is 0 Å². The second-order valence-corrected chi connectivity index (χ2v) is 4.08. The van der Waals surface area contributed by atoms with E-state index in [1.54, 1.807) is 13.8 Å².